The normalized spacial score (nSPS) is 24.8. The first kappa shape index (κ1) is 15.5. The van der Waals surface area contributed by atoms with Gasteiger partial charge in [0.1, 0.15) is 0 Å². The van der Waals surface area contributed by atoms with Crippen molar-refractivity contribution in [3.8, 4) is 0 Å². The van der Waals surface area contributed by atoms with Crippen LogP contribution in [-0.2, 0) is 5.41 Å². The average Bonchev–Trinajstić information content (AvgIpc) is 2.82. The van der Waals surface area contributed by atoms with E-state index in [1.807, 2.05) is 0 Å². The van der Waals surface area contributed by atoms with E-state index in [2.05, 4.69) is 56.4 Å². The van der Waals surface area contributed by atoms with E-state index in [9.17, 15) is 5.11 Å². The van der Waals surface area contributed by atoms with Crippen LogP contribution >= 0.6 is 0 Å². The van der Waals surface area contributed by atoms with E-state index in [4.69, 9.17) is 0 Å². The van der Waals surface area contributed by atoms with E-state index >= 15 is 0 Å². The maximum absolute atomic E-state index is 9.87. The Hall–Kier alpha value is -0.860. The molecule has 0 saturated heterocycles. The molecule has 0 bridgehead atoms. The van der Waals surface area contributed by atoms with Crippen LogP contribution in [0.3, 0.4) is 0 Å². The molecule has 0 aromatic heterocycles. The standard InChI is InChI=1S/C18H29NO/c1-14(19-13-15-8-7-11-17(15)20)12-18(2,3)16-9-5-4-6-10-16/h4-6,9-10,14-15,17,19-20H,7-8,11-13H2,1-3H3. The average molecular weight is 275 g/mol. The third-order valence-corrected chi connectivity index (χ3v) is 4.72. The maximum Gasteiger partial charge on any atom is 0.0580 e. The molecule has 3 atom stereocenters. The lowest BCUT2D eigenvalue weighted by atomic mass is 9.79. The summed E-state index contributed by atoms with van der Waals surface area (Å²) in [6.45, 7) is 7.83. The summed E-state index contributed by atoms with van der Waals surface area (Å²) in [5.74, 6) is 0.456. The van der Waals surface area contributed by atoms with E-state index in [1.165, 1.54) is 18.4 Å². The molecule has 1 aromatic rings. The third-order valence-electron chi connectivity index (χ3n) is 4.72. The number of hydrogen-bond donors (Lipinski definition) is 2. The molecule has 1 saturated carbocycles. The first-order chi connectivity index (χ1) is 9.49. The van der Waals surface area contributed by atoms with E-state index in [0.717, 1.165) is 19.4 Å². The second-order valence-corrected chi connectivity index (χ2v) is 7.02. The Kier molecular flexibility index (Phi) is 5.22. The maximum atomic E-state index is 9.87. The van der Waals surface area contributed by atoms with Crippen LogP contribution in [0.4, 0.5) is 0 Å². The molecule has 112 valence electrons. The minimum absolute atomic E-state index is 0.0863. The second kappa shape index (κ2) is 6.73. The topological polar surface area (TPSA) is 32.3 Å². The van der Waals surface area contributed by atoms with E-state index < -0.39 is 0 Å². The van der Waals surface area contributed by atoms with Gasteiger partial charge >= 0.3 is 0 Å². The number of nitrogens with one attached hydrogen (secondary N) is 1. The summed E-state index contributed by atoms with van der Waals surface area (Å²) in [5, 5.41) is 13.5. The first-order valence-corrected chi connectivity index (χ1v) is 7.96. The summed E-state index contributed by atoms with van der Waals surface area (Å²) in [6, 6.07) is 11.2. The summed E-state index contributed by atoms with van der Waals surface area (Å²) >= 11 is 0. The molecule has 0 aliphatic heterocycles. The Morgan fingerprint density at radius 2 is 1.95 bits per heavy atom. The number of rotatable bonds is 6. The molecule has 2 N–H and O–H groups in total. The molecule has 1 aliphatic carbocycles. The van der Waals surface area contributed by atoms with Gasteiger partial charge in [-0.2, -0.15) is 0 Å². The van der Waals surface area contributed by atoms with Gasteiger partial charge < -0.3 is 10.4 Å². The van der Waals surface area contributed by atoms with Gasteiger partial charge in [0, 0.05) is 12.6 Å². The van der Waals surface area contributed by atoms with Crippen LogP contribution in [0.25, 0.3) is 0 Å². The molecule has 0 heterocycles. The molecule has 2 nitrogen and oxygen atoms in total. The van der Waals surface area contributed by atoms with Crippen molar-refractivity contribution in [1.29, 1.82) is 0 Å². The summed E-state index contributed by atoms with van der Waals surface area (Å²) in [6.07, 6.45) is 4.35. The smallest absolute Gasteiger partial charge is 0.0580 e. The molecule has 0 radical (unpaired) electrons. The predicted octanol–water partition coefficient (Wildman–Crippen LogP) is 3.49. The van der Waals surface area contributed by atoms with Gasteiger partial charge in [-0.05, 0) is 43.1 Å². The molecule has 2 rings (SSSR count). The molecule has 0 amide bonds. The van der Waals surface area contributed by atoms with Gasteiger partial charge in [-0.25, -0.2) is 0 Å². The number of hydrogen-bond acceptors (Lipinski definition) is 2. The fourth-order valence-electron chi connectivity index (χ4n) is 3.45. The van der Waals surface area contributed by atoms with Gasteiger partial charge in [0.2, 0.25) is 0 Å². The minimum atomic E-state index is -0.0863. The third kappa shape index (κ3) is 4.07. The zero-order valence-corrected chi connectivity index (χ0v) is 13.1. The zero-order valence-electron chi connectivity index (χ0n) is 13.1. The zero-order chi connectivity index (χ0) is 14.6. The summed E-state index contributed by atoms with van der Waals surface area (Å²) in [7, 11) is 0. The van der Waals surface area contributed by atoms with Gasteiger partial charge in [-0.1, -0.05) is 50.6 Å². The molecule has 0 spiro atoms. The first-order valence-electron chi connectivity index (χ1n) is 7.96. The van der Waals surface area contributed by atoms with Crippen molar-refractivity contribution >= 4 is 0 Å². The van der Waals surface area contributed by atoms with Gasteiger partial charge in [-0.3, -0.25) is 0 Å². The number of benzene rings is 1. The Bertz CT molecular complexity index is 401. The van der Waals surface area contributed by atoms with Crippen LogP contribution in [-0.4, -0.2) is 23.8 Å². The van der Waals surface area contributed by atoms with Gasteiger partial charge in [-0.15, -0.1) is 0 Å². The fraction of sp³-hybridized carbons (Fsp3) is 0.667. The van der Waals surface area contributed by atoms with Crippen LogP contribution in [0.2, 0.25) is 0 Å². The fourth-order valence-corrected chi connectivity index (χ4v) is 3.45. The lowest BCUT2D eigenvalue weighted by Gasteiger charge is -2.30. The van der Waals surface area contributed by atoms with Gasteiger partial charge in [0.25, 0.3) is 0 Å². The molecule has 2 heteroatoms. The molecule has 1 fully saturated rings. The monoisotopic (exact) mass is 275 g/mol. The van der Waals surface area contributed by atoms with Crippen molar-refractivity contribution in [1.82, 2.24) is 5.32 Å². The second-order valence-electron chi connectivity index (χ2n) is 7.02. The van der Waals surface area contributed by atoms with Gasteiger partial charge in [0.05, 0.1) is 6.10 Å². The Labute approximate surface area is 123 Å². The van der Waals surface area contributed by atoms with Crippen LogP contribution < -0.4 is 5.32 Å². The van der Waals surface area contributed by atoms with E-state index in [0.29, 0.717) is 12.0 Å². The van der Waals surface area contributed by atoms with Crippen LogP contribution in [0, 0.1) is 5.92 Å². The number of aliphatic hydroxyl groups excluding tert-OH is 1. The molecule has 1 aliphatic rings. The highest BCUT2D eigenvalue weighted by molar-refractivity contribution is 5.23. The van der Waals surface area contributed by atoms with Crippen molar-refractivity contribution < 1.29 is 5.11 Å². The number of aliphatic hydroxyl groups is 1. The lowest BCUT2D eigenvalue weighted by molar-refractivity contribution is 0.129. The van der Waals surface area contributed by atoms with Crippen molar-refractivity contribution in [2.24, 2.45) is 5.92 Å². The van der Waals surface area contributed by atoms with Crippen LogP contribution in [0.15, 0.2) is 30.3 Å². The van der Waals surface area contributed by atoms with Crippen LogP contribution in [0.5, 0.6) is 0 Å². The summed E-state index contributed by atoms with van der Waals surface area (Å²) in [4.78, 5) is 0. The molecule has 1 aromatic carbocycles. The quantitative estimate of drug-likeness (QED) is 0.833. The largest absolute Gasteiger partial charge is 0.393 e. The molecular formula is C18H29NO. The SMILES string of the molecule is CC(CC(C)(C)c1ccccc1)NCC1CCCC1O. The van der Waals surface area contributed by atoms with Crippen molar-refractivity contribution in [3.63, 3.8) is 0 Å². The molecular weight excluding hydrogens is 246 g/mol. The highest BCUT2D eigenvalue weighted by Crippen LogP contribution is 2.29. The van der Waals surface area contributed by atoms with Crippen molar-refractivity contribution in [3.05, 3.63) is 35.9 Å². The lowest BCUT2D eigenvalue weighted by Crippen LogP contribution is -2.37. The van der Waals surface area contributed by atoms with Crippen LogP contribution in [0.1, 0.15) is 52.0 Å². The summed E-state index contributed by atoms with van der Waals surface area (Å²) in [5.41, 5.74) is 1.58. The van der Waals surface area contributed by atoms with Crippen molar-refractivity contribution in [2.45, 2.75) is 64.0 Å². The Morgan fingerprint density at radius 3 is 2.55 bits per heavy atom. The van der Waals surface area contributed by atoms with Crippen molar-refractivity contribution in [2.75, 3.05) is 6.54 Å². The molecule has 3 unspecified atom stereocenters. The van der Waals surface area contributed by atoms with E-state index in [1.54, 1.807) is 0 Å². The highest BCUT2D eigenvalue weighted by Gasteiger charge is 2.27. The Balaban J connectivity index is 1.83. The minimum Gasteiger partial charge on any atom is -0.393 e. The van der Waals surface area contributed by atoms with E-state index in [-0.39, 0.29) is 11.5 Å². The molecule has 20 heavy (non-hydrogen) atoms. The Morgan fingerprint density at radius 1 is 1.25 bits per heavy atom. The summed E-state index contributed by atoms with van der Waals surface area (Å²) < 4.78 is 0. The highest BCUT2D eigenvalue weighted by atomic mass is 16.3. The predicted molar refractivity (Wildman–Crippen MR) is 84.9 cm³/mol. The van der Waals surface area contributed by atoms with Gasteiger partial charge in [0.15, 0.2) is 0 Å².